The van der Waals surface area contributed by atoms with Gasteiger partial charge in [0.2, 0.25) is 0 Å². The Kier molecular flexibility index (Phi) is 6.49. The summed E-state index contributed by atoms with van der Waals surface area (Å²) in [5, 5.41) is 6.92. The first-order chi connectivity index (χ1) is 10.1. The second kappa shape index (κ2) is 8.14. The van der Waals surface area contributed by atoms with Gasteiger partial charge < -0.3 is 10.2 Å². The van der Waals surface area contributed by atoms with Gasteiger partial charge in [0, 0.05) is 30.6 Å². The number of hydrogen-bond donors (Lipinski definition) is 1. The third-order valence-electron chi connectivity index (χ3n) is 4.19. The Morgan fingerprint density at radius 1 is 1.29 bits per heavy atom. The molecule has 2 rings (SSSR count). The zero-order valence-electron chi connectivity index (χ0n) is 14.1. The van der Waals surface area contributed by atoms with Crippen LogP contribution in [0.25, 0.3) is 0 Å². The quantitative estimate of drug-likeness (QED) is 0.769. The molecule has 1 heterocycles. The van der Waals surface area contributed by atoms with Gasteiger partial charge in [0.1, 0.15) is 0 Å². The summed E-state index contributed by atoms with van der Waals surface area (Å²) in [6.45, 7) is 11.0. The van der Waals surface area contributed by atoms with Crippen LogP contribution in [0.2, 0.25) is 0 Å². The maximum absolute atomic E-state index is 4.89. The highest BCUT2D eigenvalue weighted by Gasteiger charge is 2.24. The average molecular weight is 310 g/mol. The monoisotopic (exact) mass is 309 g/mol. The highest BCUT2D eigenvalue weighted by molar-refractivity contribution is 7.13. The maximum Gasteiger partial charge on any atom is 0.185 e. The fourth-order valence-electron chi connectivity index (χ4n) is 2.87. The number of anilines is 1. The number of aromatic nitrogens is 1. The predicted molar refractivity (Wildman–Crippen MR) is 93.1 cm³/mol. The molecule has 0 atom stereocenters. The maximum atomic E-state index is 4.89. The Morgan fingerprint density at radius 2 is 2.00 bits per heavy atom. The molecule has 1 aromatic rings. The molecule has 1 fully saturated rings. The molecule has 3 nitrogen and oxygen atoms in total. The second-order valence-corrected chi connectivity index (χ2v) is 7.81. The van der Waals surface area contributed by atoms with Crippen LogP contribution in [0.4, 0.5) is 5.13 Å². The van der Waals surface area contributed by atoms with E-state index in [1.54, 1.807) is 0 Å². The molecule has 1 aliphatic rings. The summed E-state index contributed by atoms with van der Waals surface area (Å²) in [7, 11) is 0. The highest BCUT2D eigenvalue weighted by Crippen LogP contribution is 2.31. The van der Waals surface area contributed by atoms with E-state index in [-0.39, 0.29) is 0 Å². The summed E-state index contributed by atoms with van der Waals surface area (Å²) in [6.07, 6.45) is 6.72. The van der Waals surface area contributed by atoms with E-state index in [9.17, 15) is 0 Å². The molecular formula is C17H31N3S. The molecule has 0 bridgehead atoms. The molecule has 21 heavy (non-hydrogen) atoms. The predicted octanol–water partition coefficient (Wildman–Crippen LogP) is 4.44. The lowest BCUT2D eigenvalue weighted by Crippen LogP contribution is -2.34. The van der Waals surface area contributed by atoms with Crippen molar-refractivity contribution in [1.29, 1.82) is 0 Å². The van der Waals surface area contributed by atoms with Crippen molar-refractivity contribution in [1.82, 2.24) is 10.3 Å². The van der Waals surface area contributed by atoms with Crippen molar-refractivity contribution in [2.45, 2.75) is 78.4 Å². The fraction of sp³-hybridized carbons (Fsp3) is 0.824. The molecule has 0 radical (unpaired) electrons. The van der Waals surface area contributed by atoms with Gasteiger partial charge in [-0.15, -0.1) is 11.3 Å². The smallest absolute Gasteiger partial charge is 0.185 e. The number of thiazole rings is 1. The van der Waals surface area contributed by atoms with Crippen molar-refractivity contribution in [2.24, 2.45) is 5.92 Å². The normalized spacial score (nSPS) is 16.3. The molecule has 1 saturated carbocycles. The SMILES string of the molecule is CC(C)CCN(c1nc(CNC(C)C)cs1)C1CCCC1. The van der Waals surface area contributed by atoms with Crippen molar-refractivity contribution < 1.29 is 0 Å². The second-order valence-electron chi connectivity index (χ2n) is 6.97. The van der Waals surface area contributed by atoms with Gasteiger partial charge in [-0.1, -0.05) is 40.5 Å². The zero-order chi connectivity index (χ0) is 15.2. The van der Waals surface area contributed by atoms with E-state index in [0.29, 0.717) is 6.04 Å². The lowest BCUT2D eigenvalue weighted by Gasteiger charge is -2.29. The zero-order valence-corrected chi connectivity index (χ0v) is 14.9. The van der Waals surface area contributed by atoms with Crippen LogP contribution in [0.15, 0.2) is 5.38 Å². The molecule has 0 spiro atoms. The molecule has 1 aliphatic carbocycles. The topological polar surface area (TPSA) is 28.2 Å². The summed E-state index contributed by atoms with van der Waals surface area (Å²) in [5.74, 6) is 0.760. The van der Waals surface area contributed by atoms with E-state index in [2.05, 4.69) is 43.3 Å². The van der Waals surface area contributed by atoms with Gasteiger partial charge in [0.25, 0.3) is 0 Å². The van der Waals surface area contributed by atoms with Crippen molar-refractivity contribution in [3.63, 3.8) is 0 Å². The van der Waals surface area contributed by atoms with Gasteiger partial charge in [-0.25, -0.2) is 4.98 Å². The first kappa shape index (κ1) is 16.8. The number of nitrogens with zero attached hydrogens (tertiary/aromatic N) is 2. The molecule has 0 aromatic carbocycles. The number of nitrogens with one attached hydrogen (secondary N) is 1. The van der Waals surface area contributed by atoms with Crippen LogP contribution >= 0.6 is 11.3 Å². The van der Waals surface area contributed by atoms with Crippen LogP contribution in [0.1, 0.15) is 65.5 Å². The molecule has 1 N–H and O–H groups in total. The van der Waals surface area contributed by atoms with Gasteiger partial charge in [-0.2, -0.15) is 0 Å². The minimum Gasteiger partial charge on any atom is -0.345 e. The fourth-order valence-corrected chi connectivity index (χ4v) is 3.79. The third kappa shape index (κ3) is 5.26. The van der Waals surface area contributed by atoms with Crippen molar-refractivity contribution in [3.05, 3.63) is 11.1 Å². The Labute approximate surface area is 134 Å². The van der Waals surface area contributed by atoms with Crippen molar-refractivity contribution in [2.75, 3.05) is 11.4 Å². The lowest BCUT2D eigenvalue weighted by molar-refractivity contribution is 0.526. The number of rotatable bonds is 8. The highest BCUT2D eigenvalue weighted by atomic mass is 32.1. The Bertz CT molecular complexity index is 408. The van der Waals surface area contributed by atoms with Gasteiger partial charge in [-0.3, -0.25) is 0 Å². The van der Waals surface area contributed by atoms with Crippen LogP contribution in [0.3, 0.4) is 0 Å². The van der Waals surface area contributed by atoms with Gasteiger partial charge in [0.15, 0.2) is 5.13 Å². The Balaban J connectivity index is 2.01. The first-order valence-electron chi connectivity index (χ1n) is 8.50. The molecule has 4 heteroatoms. The van der Waals surface area contributed by atoms with Crippen LogP contribution in [-0.4, -0.2) is 23.6 Å². The molecule has 1 aromatic heterocycles. The van der Waals surface area contributed by atoms with Crippen molar-refractivity contribution in [3.8, 4) is 0 Å². The standard InChI is InChI=1S/C17H31N3S/c1-13(2)9-10-20(16-7-5-6-8-16)17-19-15(12-21-17)11-18-14(3)4/h12-14,16,18H,5-11H2,1-4H3. The van der Waals surface area contributed by atoms with Gasteiger partial charge >= 0.3 is 0 Å². The summed E-state index contributed by atoms with van der Waals surface area (Å²) in [5.41, 5.74) is 1.19. The molecule has 0 amide bonds. The largest absolute Gasteiger partial charge is 0.345 e. The van der Waals surface area contributed by atoms with Crippen molar-refractivity contribution >= 4 is 16.5 Å². The summed E-state index contributed by atoms with van der Waals surface area (Å²) >= 11 is 1.82. The number of hydrogen-bond acceptors (Lipinski definition) is 4. The van der Waals surface area contributed by atoms with E-state index in [1.165, 1.54) is 42.9 Å². The van der Waals surface area contributed by atoms with E-state index in [1.807, 2.05) is 11.3 Å². The lowest BCUT2D eigenvalue weighted by atomic mass is 10.1. The van der Waals surface area contributed by atoms with E-state index in [4.69, 9.17) is 4.98 Å². The average Bonchev–Trinajstić information content (AvgIpc) is 3.08. The molecule has 0 unspecified atom stereocenters. The van der Waals surface area contributed by atoms with Gasteiger partial charge in [0.05, 0.1) is 5.69 Å². The molecule has 120 valence electrons. The van der Waals surface area contributed by atoms with Crippen LogP contribution < -0.4 is 10.2 Å². The van der Waals surface area contributed by atoms with E-state index in [0.717, 1.165) is 25.0 Å². The molecule has 0 aliphatic heterocycles. The van der Waals surface area contributed by atoms with E-state index >= 15 is 0 Å². The van der Waals surface area contributed by atoms with Crippen LogP contribution in [-0.2, 0) is 6.54 Å². The first-order valence-corrected chi connectivity index (χ1v) is 9.38. The minimum atomic E-state index is 0.516. The molecular weight excluding hydrogens is 278 g/mol. The summed E-state index contributed by atoms with van der Waals surface area (Å²) < 4.78 is 0. The molecule has 0 saturated heterocycles. The van der Waals surface area contributed by atoms with E-state index < -0.39 is 0 Å². The Hall–Kier alpha value is -0.610. The Morgan fingerprint density at radius 3 is 2.62 bits per heavy atom. The summed E-state index contributed by atoms with van der Waals surface area (Å²) in [4.78, 5) is 7.48. The minimum absolute atomic E-state index is 0.516. The van der Waals surface area contributed by atoms with Gasteiger partial charge in [-0.05, 0) is 25.2 Å². The summed E-state index contributed by atoms with van der Waals surface area (Å²) in [6, 6.07) is 1.24. The van der Waals surface area contributed by atoms with Crippen LogP contribution in [0, 0.1) is 5.92 Å². The van der Waals surface area contributed by atoms with Crippen LogP contribution in [0.5, 0.6) is 0 Å². The third-order valence-corrected chi connectivity index (χ3v) is 5.12.